The Morgan fingerprint density at radius 1 is 0.976 bits per heavy atom. The van der Waals surface area contributed by atoms with Crippen LogP contribution < -0.4 is 10.5 Å². The Labute approximate surface area is 254 Å². The third kappa shape index (κ3) is 5.56. The maximum absolute atomic E-state index is 15.4. The lowest BCUT2D eigenvalue weighted by atomic mass is 9.89. The summed E-state index contributed by atoms with van der Waals surface area (Å²) in [7, 11) is -2.08. The van der Waals surface area contributed by atoms with E-state index in [2.05, 4.69) is 26.6 Å². The average molecular weight is 633 g/mol. The second kappa shape index (κ2) is 11.6. The number of nitrogen functional groups attached to an aromatic ring is 1. The van der Waals surface area contributed by atoms with Crippen LogP contribution in [0.15, 0.2) is 53.6 Å². The van der Waals surface area contributed by atoms with Gasteiger partial charge in [0.15, 0.2) is 0 Å². The normalized spacial score (nSPS) is 20.7. The van der Waals surface area contributed by atoms with Gasteiger partial charge in [-0.15, -0.1) is 0 Å². The van der Waals surface area contributed by atoms with E-state index in [1.165, 1.54) is 30.3 Å². The number of halogens is 3. The first-order valence-electron chi connectivity index (χ1n) is 13.9. The van der Waals surface area contributed by atoms with Gasteiger partial charge in [0.25, 0.3) is 10.0 Å². The van der Waals surface area contributed by atoms with E-state index < -0.39 is 15.8 Å². The fourth-order valence-electron chi connectivity index (χ4n) is 6.13. The van der Waals surface area contributed by atoms with Gasteiger partial charge in [-0.05, 0) is 63.1 Å². The second-order valence-corrected chi connectivity index (χ2v) is 13.5. The maximum Gasteiger partial charge on any atom is 0.264 e. The Balaban J connectivity index is 1.27. The third-order valence-corrected chi connectivity index (χ3v) is 10.7. The van der Waals surface area contributed by atoms with Crippen molar-refractivity contribution in [2.45, 2.75) is 42.7 Å². The first-order chi connectivity index (χ1) is 20.1. The Morgan fingerprint density at radius 3 is 2.31 bits per heavy atom. The number of hydrogen-bond acceptors (Lipinski definition) is 7. The van der Waals surface area contributed by atoms with Crippen molar-refractivity contribution in [3.8, 4) is 11.3 Å². The molecule has 2 aromatic carbocycles. The predicted molar refractivity (Wildman–Crippen MR) is 165 cm³/mol. The quantitative estimate of drug-likeness (QED) is 0.283. The molecule has 1 saturated carbocycles. The minimum absolute atomic E-state index is 0.0652. The lowest BCUT2D eigenvalue weighted by molar-refractivity contribution is 0.0816. The first-order valence-corrected chi connectivity index (χ1v) is 16.2. The predicted octanol–water partition coefficient (Wildman–Crippen LogP) is 5.66. The van der Waals surface area contributed by atoms with Gasteiger partial charge in [0.1, 0.15) is 22.2 Å². The van der Waals surface area contributed by atoms with E-state index in [1.807, 2.05) is 10.7 Å². The zero-order valence-electron chi connectivity index (χ0n) is 23.1. The highest BCUT2D eigenvalue weighted by Crippen LogP contribution is 2.39. The average Bonchev–Trinajstić information content (AvgIpc) is 3.35. The molecular weight excluding hydrogens is 600 g/mol. The molecule has 0 spiro atoms. The van der Waals surface area contributed by atoms with E-state index in [9.17, 15) is 8.42 Å². The van der Waals surface area contributed by atoms with Gasteiger partial charge < -0.3 is 10.6 Å². The molecule has 2 fully saturated rings. The summed E-state index contributed by atoms with van der Waals surface area (Å²) in [5.41, 5.74) is 7.89. The molecule has 42 heavy (non-hydrogen) atoms. The molecule has 1 saturated heterocycles. The van der Waals surface area contributed by atoms with E-state index >= 15 is 4.39 Å². The van der Waals surface area contributed by atoms with E-state index in [4.69, 9.17) is 34.0 Å². The molecule has 4 aromatic rings. The summed E-state index contributed by atoms with van der Waals surface area (Å²) in [6.07, 6.45) is 5.80. The number of pyridine rings is 1. The van der Waals surface area contributed by atoms with Crippen LogP contribution in [-0.2, 0) is 10.0 Å². The van der Waals surface area contributed by atoms with Gasteiger partial charge in [-0.3, -0.25) is 14.3 Å². The number of aromatic nitrogens is 3. The van der Waals surface area contributed by atoms with Crippen molar-refractivity contribution in [3.63, 3.8) is 0 Å². The van der Waals surface area contributed by atoms with Crippen molar-refractivity contribution in [1.29, 1.82) is 0 Å². The van der Waals surface area contributed by atoms with Gasteiger partial charge in [0.05, 0.1) is 32.7 Å². The maximum atomic E-state index is 15.4. The number of nitrogens with two attached hydrogens (primary N) is 1. The third-order valence-electron chi connectivity index (χ3n) is 8.39. The summed E-state index contributed by atoms with van der Waals surface area (Å²) in [6.45, 7) is 4.41. The number of likely N-dealkylation sites (N-methyl/N-ethyl adjacent to an activating group) is 1. The molecular formula is C29H32Cl2FN7O2S. The molecule has 9 nitrogen and oxygen atoms in total. The van der Waals surface area contributed by atoms with E-state index in [1.54, 1.807) is 12.3 Å². The van der Waals surface area contributed by atoms with Crippen molar-refractivity contribution in [2.24, 2.45) is 0 Å². The lowest BCUT2D eigenvalue weighted by Crippen LogP contribution is -2.49. The van der Waals surface area contributed by atoms with Crippen LogP contribution in [0.5, 0.6) is 0 Å². The summed E-state index contributed by atoms with van der Waals surface area (Å²) in [5.74, 6) is -0.476. The number of benzene rings is 2. The molecule has 222 valence electrons. The summed E-state index contributed by atoms with van der Waals surface area (Å²) in [4.78, 5) is 8.94. The molecule has 0 atom stereocenters. The zero-order valence-corrected chi connectivity index (χ0v) is 25.4. The topological polar surface area (TPSA) is 109 Å². The summed E-state index contributed by atoms with van der Waals surface area (Å²) >= 11 is 12.2. The number of nitrogens with zero attached hydrogens (tertiary/aromatic N) is 5. The zero-order chi connectivity index (χ0) is 29.6. The van der Waals surface area contributed by atoms with Gasteiger partial charge in [-0.25, -0.2) is 17.8 Å². The van der Waals surface area contributed by atoms with Crippen molar-refractivity contribution in [3.05, 3.63) is 64.5 Å². The van der Waals surface area contributed by atoms with E-state index in [0.29, 0.717) is 28.5 Å². The molecule has 0 radical (unpaired) electrons. The molecule has 2 aromatic heterocycles. The molecule has 13 heteroatoms. The van der Waals surface area contributed by atoms with Crippen molar-refractivity contribution >= 4 is 55.6 Å². The Bertz CT molecular complexity index is 1710. The highest BCUT2D eigenvalue weighted by molar-refractivity contribution is 7.93. The molecule has 0 unspecified atom stereocenters. The van der Waals surface area contributed by atoms with Crippen LogP contribution >= 0.6 is 23.2 Å². The smallest absolute Gasteiger partial charge is 0.264 e. The summed E-state index contributed by atoms with van der Waals surface area (Å²) < 4.78 is 45.7. The highest BCUT2D eigenvalue weighted by atomic mass is 35.5. The summed E-state index contributed by atoms with van der Waals surface area (Å²) in [6, 6.07) is 11.2. The standard InChI is InChI=1S/C29H32Cl2FN7O2S/c1-37-13-15-38(16-14-37)19-6-8-20(9-7-19)39-25-11-12-34-29(33)26(25)27(35-39)18-5-10-24(23(32)17-18)36-42(40,41)28-21(30)3-2-4-22(28)31/h2-5,10-12,17,19-20,36H,6-9,13-16H2,1H3,(H2,33,34). The van der Waals surface area contributed by atoms with Crippen LogP contribution in [0, 0.1) is 5.82 Å². The van der Waals surface area contributed by atoms with Crippen LogP contribution in [-0.4, -0.2) is 72.3 Å². The largest absolute Gasteiger partial charge is 0.383 e. The van der Waals surface area contributed by atoms with Gasteiger partial charge in [-0.2, -0.15) is 5.10 Å². The number of rotatable bonds is 6. The van der Waals surface area contributed by atoms with Crippen molar-refractivity contribution < 1.29 is 12.8 Å². The van der Waals surface area contributed by atoms with Gasteiger partial charge in [0.2, 0.25) is 0 Å². The summed E-state index contributed by atoms with van der Waals surface area (Å²) in [5, 5.41) is 5.46. The van der Waals surface area contributed by atoms with E-state index in [0.717, 1.165) is 57.4 Å². The Kier molecular flexibility index (Phi) is 8.05. The van der Waals surface area contributed by atoms with Crippen LogP contribution in [0.2, 0.25) is 10.0 Å². The number of fused-ring (bicyclic) bond motifs is 1. The molecule has 2 aliphatic rings. The molecule has 0 bridgehead atoms. The lowest BCUT2D eigenvalue weighted by Gasteiger charge is -2.41. The van der Waals surface area contributed by atoms with Crippen molar-refractivity contribution in [1.82, 2.24) is 24.6 Å². The number of sulfonamides is 1. The molecule has 3 heterocycles. The molecule has 3 N–H and O–H groups in total. The van der Waals surface area contributed by atoms with Crippen LogP contribution in [0.3, 0.4) is 0 Å². The number of piperazine rings is 1. The van der Waals surface area contributed by atoms with Crippen LogP contribution in [0.25, 0.3) is 22.2 Å². The monoisotopic (exact) mass is 631 g/mol. The number of hydrogen-bond donors (Lipinski definition) is 2. The molecule has 6 rings (SSSR count). The first kappa shape index (κ1) is 29.1. The minimum atomic E-state index is -4.25. The second-order valence-electron chi connectivity index (χ2n) is 11.0. The molecule has 1 aliphatic carbocycles. The fourth-order valence-corrected chi connectivity index (χ4v) is 8.34. The van der Waals surface area contributed by atoms with Crippen LogP contribution in [0.1, 0.15) is 31.7 Å². The Morgan fingerprint density at radius 2 is 1.64 bits per heavy atom. The van der Waals surface area contributed by atoms with Crippen LogP contribution in [0.4, 0.5) is 15.9 Å². The van der Waals surface area contributed by atoms with Gasteiger partial charge >= 0.3 is 0 Å². The minimum Gasteiger partial charge on any atom is -0.383 e. The molecule has 0 amide bonds. The Hall–Kier alpha value is -2.96. The SMILES string of the molecule is CN1CCN(C2CCC(n3nc(-c4ccc(NS(=O)(=O)c5c(Cl)cccc5Cl)c(F)c4)c4c(N)nccc43)CC2)CC1. The number of anilines is 2. The number of nitrogens with one attached hydrogen (secondary N) is 1. The fraction of sp³-hybridized carbons (Fsp3) is 0.379. The highest BCUT2D eigenvalue weighted by Gasteiger charge is 2.30. The van der Waals surface area contributed by atoms with Gasteiger partial charge in [0, 0.05) is 44.0 Å². The van der Waals surface area contributed by atoms with E-state index in [-0.39, 0.29) is 26.7 Å². The van der Waals surface area contributed by atoms with Crippen molar-refractivity contribution in [2.75, 3.05) is 43.7 Å². The van der Waals surface area contributed by atoms with Gasteiger partial charge in [-0.1, -0.05) is 35.3 Å². The molecule has 1 aliphatic heterocycles.